The lowest BCUT2D eigenvalue weighted by molar-refractivity contribution is -0.139. The highest BCUT2D eigenvalue weighted by Crippen LogP contribution is 2.32. The number of benzene rings is 1. The molecule has 4 aliphatic heterocycles. The summed E-state index contributed by atoms with van der Waals surface area (Å²) in [4.78, 5) is 12.4. The summed E-state index contributed by atoms with van der Waals surface area (Å²) in [6.07, 6.45) is 1.98. The minimum atomic E-state index is 0.0158. The molecule has 4 heterocycles. The molecular weight excluding hydrogens is 280 g/mol. The number of aliphatic imine (C=N–C) groups is 1. The minimum Gasteiger partial charge on any atom is -0.493 e. The van der Waals surface area contributed by atoms with Crippen molar-refractivity contribution in [1.29, 1.82) is 0 Å². The summed E-state index contributed by atoms with van der Waals surface area (Å²) in [5, 5.41) is 0. The first-order valence-corrected chi connectivity index (χ1v) is 7.64. The van der Waals surface area contributed by atoms with Crippen LogP contribution >= 0.6 is 0 Å². The molecule has 4 fully saturated rings. The van der Waals surface area contributed by atoms with E-state index >= 15 is 0 Å². The summed E-state index contributed by atoms with van der Waals surface area (Å²) in [6.45, 7) is 6.44. The third kappa shape index (κ3) is 2.37. The van der Waals surface area contributed by atoms with E-state index in [2.05, 4.69) is 14.7 Å². The molecule has 0 aliphatic carbocycles. The van der Waals surface area contributed by atoms with Gasteiger partial charge in [0.15, 0.2) is 11.5 Å². The molecule has 5 rings (SSSR count). The predicted molar refractivity (Wildman–Crippen MR) is 84.6 cm³/mol. The monoisotopic (exact) mass is 302 g/mol. The topological polar surface area (TPSA) is 40.5 Å². The highest BCUT2D eigenvalue weighted by molar-refractivity contribution is 5.81. The van der Waals surface area contributed by atoms with Crippen LogP contribution in [0.15, 0.2) is 23.2 Å². The lowest BCUT2D eigenvalue weighted by Gasteiger charge is -2.59. The Morgan fingerprint density at radius 2 is 1.55 bits per heavy atom. The van der Waals surface area contributed by atoms with Crippen LogP contribution in [0, 0.1) is 0 Å². The van der Waals surface area contributed by atoms with Crippen LogP contribution in [0.5, 0.6) is 11.5 Å². The molecule has 1 aromatic carbocycles. The standard InChI is InChI=1S/C16H22N4O2/c1-21-14-4-3-13(5-15(14)22-2)6-17-16-7-18-10-19(8-16)12-20(9-16)11-18/h3-6H,7-12H2,1-2H3. The molecule has 0 N–H and O–H groups in total. The SMILES string of the molecule is COc1ccc(C=NC23CN4CN(CN(C4)C2)C3)cc1OC. The maximum Gasteiger partial charge on any atom is 0.161 e. The van der Waals surface area contributed by atoms with Gasteiger partial charge in [-0.1, -0.05) is 0 Å². The molecule has 0 aromatic heterocycles. The second kappa shape index (κ2) is 5.22. The van der Waals surface area contributed by atoms with Gasteiger partial charge in [0.1, 0.15) is 0 Å². The summed E-state index contributed by atoms with van der Waals surface area (Å²) in [5.41, 5.74) is 1.07. The molecule has 0 unspecified atom stereocenters. The molecular formula is C16H22N4O2. The van der Waals surface area contributed by atoms with Gasteiger partial charge in [-0.3, -0.25) is 19.7 Å². The van der Waals surface area contributed by atoms with Crippen molar-refractivity contribution in [3.63, 3.8) is 0 Å². The lowest BCUT2D eigenvalue weighted by Crippen LogP contribution is -2.75. The number of rotatable bonds is 4. The zero-order valence-electron chi connectivity index (χ0n) is 13.2. The van der Waals surface area contributed by atoms with E-state index in [1.807, 2.05) is 24.4 Å². The van der Waals surface area contributed by atoms with E-state index in [1.165, 1.54) is 0 Å². The van der Waals surface area contributed by atoms with Crippen LogP contribution in [0.4, 0.5) is 0 Å². The van der Waals surface area contributed by atoms with Gasteiger partial charge in [0.25, 0.3) is 0 Å². The third-order valence-electron chi connectivity index (χ3n) is 4.65. The van der Waals surface area contributed by atoms with Crippen molar-refractivity contribution in [2.75, 3.05) is 53.9 Å². The zero-order valence-corrected chi connectivity index (χ0v) is 13.2. The van der Waals surface area contributed by atoms with E-state index in [4.69, 9.17) is 14.5 Å². The summed E-state index contributed by atoms with van der Waals surface area (Å²) in [6, 6.07) is 5.92. The van der Waals surface area contributed by atoms with Gasteiger partial charge in [-0.15, -0.1) is 0 Å². The van der Waals surface area contributed by atoms with Gasteiger partial charge in [-0.05, 0) is 23.8 Å². The largest absolute Gasteiger partial charge is 0.493 e. The Hall–Kier alpha value is -1.63. The highest BCUT2D eigenvalue weighted by Gasteiger charge is 2.48. The van der Waals surface area contributed by atoms with Crippen LogP contribution in [0.3, 0.4) is 0 Å². The number of nitrogens with zero attached hydrogens (tertiary/aromatic N) is 4. The number of hydrogen-bond donors (Lipinski definition) is 0. The van der Waals surface area contributed by atoms with Crippen molar-refractivity contribution in [2.24, 2.45) is 4.99 Å². The van der Waals surface area contributed by atoms with E-state index in [0.717, 1.165) is 56.7 Å². The van der Waals surface area contributed by atoms with Gasteiger partial charge in [0.2, 0.25) is 0 Å². The molecule has 6 heteroatoms. The molecule has 4 aliphatic rings. The van der Waals surface area contributed by atoms with Crippen LogP contribution in [-0.2, 0) is 0 Å². The van der Waals surface area contributed by atoms with Gasteiger partial charge >= 0.3 is 0 Å². The fourth-order valence-corrected chi connectivity index (χ4v) is 3.95. The Morgan fingerprint density at radius 1 is 0.955 bits per heavy atom. The molecule has 0 radical (unpaired) electrons. The molecule has 22 heavy (non-hydrogen) atoms. The Labute approximate surface area is 130 Å². The zero-order chi connectivity index (χ0) is 15.2. The average molecular weight is 302 g/mol. The minimum absolute atomic E-state index is 0.0158. The fourth-order valence-electron chi connectivity index (χ4n) is 3.95. The first kappa shape index (κ1) is 14.0. The first-order chi connectivity index (χ1) is 10.7. The number of methoxy groups -OCH3 is 2. The third-order valence-corrected chi connectivity index (χ3v) is 4.65. The van der Waals surface area contributed by atoms with Gasteiger partial charge in [0.05, 0.1) is 39.8 Å². The van der Waals surface area contributed by atoms with E-state index in [1.54, 1.807) is 14.2 Å². The molecule has 0 spiro atoms. The summed E-state index contributed by atoms with van der Waals surface area (Å²) in [7, 11) is 3.31. The van der Waals surface area contributed by atoms with E-state index in [0.29, 0.717) is 0 Å². The highest BCUT2D eigenvalue weighted by atomic mass is 16.5. The molecule has 6 nitrogen and oxygen atoms in total. The molecule has 1 aromatic rings. The van der Waals surface area contributed by atoms with Crippen LogP contribution in [0.1, 0.15) is 5.56 Å². The molecule has 0 amide bonds. The maximum absolute atomic E-state index is 5.36. The van der Waals surface area contributed by atoms with Crippen molar-refractivity contribution < 1.29 is 9.47 Å². The van der Waals surface area contributed by atoms with Crippen LogP contribution < -0.4 is 9.47 Å². The average Bonchev–Trinajstić information content (AvgIpc) is 2.51. The molecule has 4 saturated heterocycles. The second-order valence-electron chi connectivity index (χ2n) is 6.51. The van der Waals surface area contributed by atoms with E-state index in [-0.39, 0.29) is 5.54 Å². The molecule has 4 bridgehead atoms. The quantitative estimate of drug-likeness (QED) is 0.765. The molecule has 118 valence electrons. The second-order valence-corrected chi connectivity index (χ2v) is 6.51. The lowest BCUT2D eigenvalue weighted by atomic mass is 9.91. The van der Waals surface area contributed by atoms with Crippen LogP contribution in [-0.4, -0.2) is 80.3 Å². The summed E-state index contributed by atoms with van der Waals surface area (Å²) >= 11 is 0. The predicted octanol–water partition coefficient (Wildman–Crippen LogP) is 0.681. The fraction of sp³-hybridized carbons (Fsp3) is 0.562. The van der Waals surface area contributed by atoms with E-state index in [9.17, 15) is 0 Å². The van der Waals surface area contributed by atoms with Crippen molar-refractivity contribution in [3.8, 4) is 11.5 Å². The first-order valence-electron chi connectivity index (χ1n) is 7.64. The van der Waals surface area contributed by atoms with Crippen molar-refractivity contribution in [3.05, 3.63) is 23.8 Å². The van der Waals surface area contributed by atoms with Crippen molar-refractivity contribution in [1.82, 2.24) is 14.7 Å². The molecule has 0 atom stereocenters. The Morgan fingerprint density at radius 3 is 2.09 bits per heavy atom. The van der Waals surface area contributed by atoms with Gasteiger partial charge < -0.3 is 9.47 Å². The number of ether oxygens (including phenoxy) is 2. The van der Waals surface area contributed by atoms with Crippen LogP contribution in [0.2, 0.25) is 0 Å². The van der Waals surface area contributed by atoms with Crippen LogP contribution in [0.25, 0.3) is 0 Å². The van der Waals surface area contributed by atoms with E-state index < -0.39 is 0 Å². The molecule has 0 saturated carbocycles. The normalized spacial score (nSPS) is 36.0. The summed E-state index contributed by atoms with van der Waals surface area (Å²) < 4.78 is 10.6. The summed E-state index contributed by atoms with van der Waals surface area (Å²) in [5.74, 6) is 1.49. The maximum atomic E-state index is 5.36. The van der Waals surface area contributed by atoms with Crippen molar-refractivity contribution >= 4 is 6.21 Å². The van der Waals surface area contributed by atoms with Gasteiger partial charge in [-0.2, -0.15) is 0 Å². The van der Waals surface area contributed by atoms with Gasteiger partial charge in [0, 0.05) is 25.8 Å². The Balaban J connectivity index is 1.57. The Bertz CT molecular complexity index is 567. The smallest absolute Gasteiger partial charge is 0.161 e. The Kier molecular flexibility index (Phi) is 3.32. The van der Waals surface area contributed by atoms with Gasteiger partial charge in [-0.25, -0.2) is 0 Å². The number of hydrogen-bond acceptors (Lipinski definition) is 6. The van der Waals surface area contributed by atoms with Crippen molar-refractivity contribution in [2.45, 2.75) is 5.54 Å².